The molecule has 1 atom stereocenters. The van der Waals surface area contributed by atoms with Gasteiger partial charge in [-0.15, -0.1) is 0 Å². The first kappa shape index (κ1) is 17.3. The van der Waals surface area contributed by atoms with Gasteiger partial charge in [0.2, 0.25) is 0 Å². The van der Waals surface area contributed by atoms with Gasteiger partial charge in [0, 0.05) is 12.3 Å². The Kier molecular flexibility index (Phi) is 5.89. The molecule has 0 saturated heterocycles. The summed E-state index contributed by atoms with van der Waals surface area (Å²) in [6.07, 6.45) is 9.58. The van der Waals surface area contributed by atoms with E-state index < -0.39 is 0 Å². The van der Waals surface area contributed by atoms with Gasteiger partial charge in [-0.2, -0.15) is 0 Å². The zero-order chi connectivity index (χ0) is 16.3. The molecule has 1 aromatic rings. The molecule has 0 spiro atoms. The molecule has 1 aliphatic carbocycles. The number of fused-ring (bicyclic) bond motifs is 1. The van der Waals surface area contributed by atoms with Gasteiger partial charge in [-0.1, -0.05) is 58.8 Å². The third-order valence-corrected chi connectivity index (χ3v) is 5.49. The van der Waals surface area contributed by atoms with Gasteiger partial charge in [0.05, 0.1) is 0 Å². The van der Waals surface area contributed by atoms with Gasteiger partial charge in [-0.05, 0) is 66.3 Å². The minimum atomic E-state index is 0.645. The van der Waals surface area contributed by atoms with Crippen molar-refractivity contribution in [3.8, 4) is 0 Å². The second-order valence-corrected chi connectivity index (χ2v) is 6.42. The van der Waals surface area contributed by atoms with Crippen LogP contribution in [0, 0.1) is 6.42 Å². The fraction of sp³-hybridized carbons (Fsp3) is 0.591. The Bertz CT molecular complexity index is 560. The zero-order valence-corrected chi connectivity index (χ0v) is 15.5. The predicted octanol–water partition coefficient (Wildman–Crippen LogP) is 6.55. The molecule has 1 aliphatic rings. The number of benzene rings is 1. The van der Waals surface area contributed by atoms with Crippen LogP contribution >= 0.6 is 0 Å². The smallest absolute Gasteiger partial charge is 0.0160 e. The minimum absolute atomic E-state index is 0.645. The summed E-state index contributed by atoms with van der Waals surface area (Å²) < 4.78 is 0. The Morgan fingerprint density at radius 2 is 1.45 bits per heavy atom. The first-order chi connectivity index (χ1) is 10.7. The molecule has 0 bridgehead atoms. The summed E-state index contributed by atoms with van der Waals surface area (Å²) in [6.45, 7) is 14.0. The van der Waals surface area contributed by atoms with E-state index in [9.17, 15) is 0 Å². The molecule has 0 amide bonds. The maximum absolute atomic E-state index is 2.50. The molecule has 0 N–H and O–H groups in total. The van der Waals surface area contributed by atoms with E-state index in [1.54, 1.807) is 33.4 Å². The van der Waals surface area contributed by atoms with Crippen molar-refractivity contribution in [1.82, 2.24) is 0 Å². The normalized spacial score (nSPS) is 17.8. The maximum Gasteiger partial charge on any atom is 0.0160 e. The van der Waals surface area contributed by atoms with Crippen LogP contribution in [0.25, 0.3) is 0 Å². The molecule has 0 nitrogen and oxygen atoms in total. The molecule has 0 fully saturated rings. The molecule has 22 heavy (non-hydrogen) atoms. The Labute approximate surface area is 138 Å². The molecule has 1 unspecified atom stereocenters. The van der Waals surface area contributed by atoms with Gasteiger partial charge in [-0.3, -0.25) is 0 Å². The fourth-order valence-electron chi connectivity index (χ4n) is 4.51. The molecule has 0 heterocycles. The largest absolute Gasteiger partial charge is 0.0645 e. The lowest BCUT2D eigenvalue weighted by Crippen LogP contribution is -2.18. The van der Waals surface area contributed by atoms with E-state index in [0.29, 0.717) is 5.92 Å². The van der Waals surface area contributed by atoms with Crippen molar-refractivity contribution >= 4 is 0 Å². The highest BCUT2D eigenvalue weighted by Gasteiger charge is 2.29. The van der Waals surface area contributed by atoms with Crippen LogP contribution < -0.4 is 0 Å². The highest BCUT2D eigenvalue weighted by molar-refractivity contribution is 5.59. The summed E-state index contributed by atoms with van der Waals surface area (Å²) >= 11 is 0. The van der Waals surface area contributed by atoms with Crippen molar-refractivity contribution in [2.24, 2.45) is 0 Å². The van der Waals surface area contributed by atoms with Crippen molar-refractivity contribution in [2.45, 2.75) is 86.0 Å². The van der Waals surface area contributed by atoms with Gasteiger partial charge in [-0.25, -0.2) is 0 Å². The van der Waals surface area contributed by atoms with Crippen LogP contribution in [0.4, 0.5) is 0 Å². The van der Waals surface area contributed by atoms with Crippen molar-refractivity contribution in [2.75, 3.05) is 0 Å². The molecule has 121 valence electrons. The lowest BCUT2D eigenvalue weighted by atomic mass is 9.71. The maximum atomic E-state index is 2.50. The lowest BCUT2D eigenvalue weighted by Gasteiger charge is -2.34. The summed E-state index contributed by atoms with van der Waals surface area (Å²) in [4.78, 5) is 0. The number of rotatable bonds is 6. The van der Waals surface area contributed by atoms with E-state index >= 15 is 0 Å². The van der Waals surface area contributed by atoms with Crippen molar-refractivity contribution < 1.29 is 0 Å². The standard InChI is InChI=1S/C22H33/c1-7-15-13-17-14-16(8-2)19(10-4)21(12-6)22(17)20(11-5)18(15)9-3/h13-14,20H,7-12H2,1-6H3. The van der Waals surface area contributed by atoms with E-state index in [1.165, 1.54) is 31.2 Å². The molecule has 1 radical (unpaired) electrons. The van der Waals surface area contributed by atoms with E-state index in [-0.39, 0.29) is 0 Å². The third kappa shape index (κ3) is 2.77. The first-order valence-corrected chi connectivity index (χ1v) is 9.40. The van der Waals surface area contributed by atoms with Crippen LogP contribution in [0.15, 0.2) is 17.2 Å². The summed E-state index contributed by atoms with van der Waals surface area (Å²) in [5.74, 6) is 0.645. The Balaban J connectivity index is 2.72. The molecule has 2 rings (SSSR count). The summed E-state index contributed by atoms with van der Waals surface area (Å²) in [5, 5.41) is 0. The van der Waals surface area contributed by atoms with Crippen molar-refractivity contribution in [1.29, 1.82) is 0 Å². The number of hydrogen-bond donors (Lipinski definition) is 0. The zero-order valence-electron chi connectivity index (χ0n) is 15.5. The van der Waals surface area contributed by atoms with Gasteiger partial charge in [0.1, 0.15) is 0 Å². The van der Waals surface area contributed by atoms with Gasteiger partial charge in [0.15, 0.2) is 0 Å². The van der Waals surface area contributed by atoms with E-state index in [1.807, 2.05) is 0 Å². The van der Waals surface area contributed by atoms with Crippen LogP contribution in [0.1, 0.15) is 94.5 Å². The SMILES string of the molecule is CCC1=C(CC)C(CC)c2c(cc(CC)c(CC)c2CC)[CH]1. The average molecular weight is 298 g/mol. The van der Waals surface area contributed by atoms with Crippen LogP contribution in [0.2, 0.25) is 0 Å². The van der Waals surface area contributed by atoms with Gasteiger partial charge >= 0.3 is 0 Å². The molecule has 0 aliphatic heterocycles. The molecular formula is C22H33. The topological polar surface area (TPSA) is 0 Å². The van der Waals surface area contributed by atoms with Crippen LogP contribution in [0.5, 0.6) is 0 Å². The summed E-state index contributed by atoms with van der Waals surface area (Å²) in [5.41, 5.74) is 11.3. The summed E-state index contributed by atoms with van der Waals surface area (Å²) in [6, 6.07) is 2.50. The monoisotopic (exact) mass is 297 g/mol. The Morgan fingerprint density at radius 1 is 0.773 bits per heavy atom. The summed E-state index contributed by atoms with van der Waals surface area (Å²) in [7, 11) is 0. The average Bonchev–Trinajstić information content (AvgIpc) is 2.57. The predicted molar refractivity (Wildman–Crippen MR) is 98.6 cm³/mol. The van der Waals surface area contributed by atoms with Crippen LogP contribution in [-0.4, -0.2) is 0 Å². The second-order valence-electron chi connectivity index (χ2n) is 6.42. The Morgan fingerprint density at radius 3 is 1.91 bits per heavy atom. The minimum Gasteiger partial charge on any atom is -0.0645 e. The van der Waals surface area contributed by atoms with E-state index in [2.05, 4.69) is 54.0 Å². The lowest BCUT2D eigenvalue weighted by molar-refractivity contribution is 0.687. The van der Waals surface area contributed by atoms with E-state index in [0.717, 1.165) is 12.8 Å². The van der Waals surface area contributed by atoms with Gasteiger partial charge in [0.25, 0.3) is 0 Å². The fourth-order valence-corrected chi connectivity index (χ4v) is 4.51. The van der Waals surface area contributed by atoms with Gasteiger partial charge < -0.3 is 0 Å². The van der Waals surface area contributed by atoms with Crippen LogP contribution in [0.3, 0.4) is 0 Å². The first-order valence-electron chi connectivity index (χ1n) is 9.40. The molecule has 0 heteroatoms. The quantitative estimate of drug-likeness (QED) is 0.558. The number of hydrogen-bond acceptors (Lipinski definition) is 0. The number of aryl methyl sites for hydroxylation is 1. The van der Waals surface area contributed by atoms with Crippen molar-refractivity contribution in [3.05, 3.63) is 51.5 Å². The Hall–Kier alpha value is -1.04. The van der Waals surface area contributed by atoms with Crippen molar-refractivity contribution in [3.63, 3.8) is 0 Å². The second kappa shape index (κ2) is 7.49. The highest BCUT2D eigenvalue weighted by Crippen LogP contribution is 2.45. The number of allylic oxidation sites excluding steroid dienone is 2. The molecule has 0 saturated carbocycles. The molecule has 0 aromatic heterocycles. The molecular weight excluding hydrogens is 264 g/mol. The van der Waals surface area contributed by atoms with E-state index in [4.69, 9.17) is 0 Å². The third-order valence-electron chi connectivity index (χ3n) is 5.49. The highest BCUT2D eigenvalue weighted by atomic mass is 14.3. The molecule has 1 aromatic carbocycles. The van der Waals surface area contributed by atoms with Crippen LogP contribution in [-0.2, 0) is 19.3 Å².